The Balaban J connectivity index is 2.91. The summed E-state index contributed by atoms with van der Waals surface area (Å²) in [7, 11) is 0. The van der Waals surface area contributed by atoms with E-state index in [0.29, 0.717) is 5.92 Å². The summed E-state index contributed by atoms with van der Waals surface area (Å²) in [6.45, 7) is 11.2. The van der Waals surface area contributed by atoms with Gasteiger partial charge in [-0.3, -0.25) is 0 Å². The van der Waals surface area contributed by atoms with Gasteiger partial charge in [0.2, 0.25) is 0 Å². The Bertz CT molecular complexity index is 352. The molecule has 2 N–H and O–H groups in total. The van der Waals surface area contributed by atoms with E-state index in [-0.39, 0.29) is 10.8 Å². The molecule has 0 spiro atoms. The van der Waals surface area contributed by atoms with Crippen molar-refractivity contribution in [1.82, 2.24) is 0 Å². The Morgan fingerprint density at radius 1 is 1.18 bits per heavy atom. The quantitative estimate of drug-likeness (QED) is 0.790. The molecule has 96 valence electrons. The third-order valence-electron chi connectivity index (χ3n) is 2.46. The van der Waals surface area contributed by atoms with Crippen molar-refractivity contribution < 1.29 is 0 Å². The van der Waals surface area contributed by atoms with Crippen molar-refractivity contribution in [2.45, 2.75) is 56.7 Å². The molecule has 1 rings (SSSR count). The summed E-state index contributed by atoms with van der Waals surface area (Å²) < 4.78 is 0.230. The molecule has 0 aliphatic rings. The maximum Gasteiger partial charge on any atom is 0.0308 e. The zero-order valence-corrected chi connectivity index (χ0v) is 12.5. The summed E-state index contributed by atoms with van der Waals surface area (Å²) in [6, 6.07) is 8.69. The second kappa shape index (κ2) is 5.92. The van der Waals surface area contributed by atoms with Gasteiger partial charge < -0.3 is 5.73 Å². The van der Waals surface area contributed by atoms with E-state index in [1.54, 1.807) is 0 Å². The second-order valence-electron chi connectivity index (χ2n) is 5.99. The van der Waals surface area contributed by atoms with E-state index >= 15 is 0 Å². The van der Waals surface area contributed by atoms with Crippen LogP contribution >= 0.6 is 11.8 Å². The van der Waals surface area contributed by atoms with Gasteiger partial charge in [-0.05, 0) is 24.0 Å². The number of benzene rings is 1. The summed E-state index contributed by atoms with van der Waals surface area (Å²) in [4.78, 5) is 1.33. The van der Waals surface area contributed by atoms with Gasteiger partial charge in [0.1, 0.15) is 0 Å². The lowest BCUT2D eigenvalue weighted by Gasteiger charge is -2.23. The van der Waals surface area contributed by atoms with Gasteiger partial charge in [-0.2, -0.15) is 0 Å². The van der Waals surface area contributed by atoms with Crippen molar-refractivity contribution in [1.29, 1.82) is 0 Å². The van der Waals surface area contributed by atoms with Crippen LogP contribution in [0.4, 0.5) is 0 Å². The van der Waals surface area contributed by atoms with Crippen molar-refractivity contribution in [2.24, 2.45) is 11.7 Å². The lowest BCUT2D eigenvalue weighted by molar-refractivity contribution is 0.505. The Morgan fingerprint density at radius 3 is 2.29 bits per heavy atom. The average Bonchev–Trinajstić information content (AvgIpc) is 2.14. The molecule has 1 aromatic rings. The van der Waals surface area contributed by atoms with E-state index in [0.717, 1.165) is 6.42 Å². The Labute approximate surface area is 110 Å². The highest BCUT2D eigenvalue weighted by Gasteiger charge is 2.17. The number of nitrogens with two attached hydrogens (primary N) is 1. The van der Waals surface area contributed by atoms with Crippen LogP contribution in [0.15, 0.2) is 29.2 Å². The van der Waals surface area contributed by atoms with E-state index in [9.17, 15) is 0 Å². The minimum absolute atomic E-state index is 0.154. The van der Waals surface area contributed by atoms with Gasteiger partial charge in [0.15, 0.2) is 0 Å². The van der Waals surface area contributed by atoms with Crippen LogP contribution in [0.25, 0.3) is 0 Å². The molecule has 0 saturated heterocycles. The molecule has 0 amide bonds. The van der Waals surface area contributed by atoms with Crippen LogP contribution < -0.4 is 5.73 Å². The first kappa shape index (κ1) is 14.6. The Morgan fingerprint density at radius 2 is 1.76 bits per heavy atom. The van der Waals surface area contributed by atoms with E-state index < -0.39 is 0 Å². The van der Waals surface area contributed by atoms with Crippen LogP contribution in [-0.2, 0) is 0 Å². The fourth-order valence-corrected chi connectivity index (χ4v) is 2.99. The van der Waals surface area contributed by atoms with Crippen molar-refractivity contribution >= 4 is 11.8 Å². The predicted octanol–water partition coefficient (Wildman–Crippen LogP) is 4.62. The Hall–Kier alpha value is -0.470. The first-order valence-corrected chi connectivity index (χ1v) is 7.15. The number of rotatable bonds is 4. The number of thioether (sulfide) groups is 1. The third kappa shape index (κ3) is 5.13. The minimum Gasteiger partial charge on any atom is -0.324 e. The molecule has 0 heterocycles. The molecular weight excluding hydrogens is 226 g/mol. The zero-order chi connectivity index (χ0) is 13.1. The highest BCUT2D eigenvalue weighted by molar-refractivity contribution is 8.00. The van der Waals surface area contributed by atoms with Gasteiger partial charge in [-0.25, -0.2) is 0 Å². The zero-order valence-electron chi connectivity index (χ0n) is 11.7. The van der Waals surface area contributed by atoms with Crippen LogP contribution in [0.5, 0.6) is 0 Å². The first-order valence-electron chi connectivity index (χ1n) is 6.33. The maximum atomic E-state index is 6.30. The van der Waals surface area contributed by atoms with E-state index in [4.69, 9.17) is 5.73 Å². The summed E-state index contributed by atoms with van der Waals surface area (Å²) >= 11 is 1.90. The van der Waals surface area contributed by atoms with Crippen LogP contribution in [0, 0.1) is 5.92 Å². The van der Waals surface area contributed by atoms with Crippen LogP contribution in [0.3, 0.4) is 0 Å². The van der Waals surface area contributed by atoms with Gasteiger partial charge in [0.05, 0.1) is 0 Å². The number of hydrogen-bond donors (Lipinski definition) is 1. The standard InChI is InChI=1S/C15H25NS/c1-11(2)10-13(16)12-8-6-7-9-14(12)17-15(3,4)5/h6-9,11,13H,10,16H2,1-5H3/t13-/m1/s1. The molecule has 1 aromatic carbocycles. The molecule has 0 aliphatic carbocycles. The number of hydrogen-bond acceptors (Lipinski definition) is 2. The van der Waals surface area contributed by atoms with Crippen molar-refractivity contribution in [3.8, 4) is 0 Å². The van der Waals surface area contributed by atoms with Gasteiger partial charge in [0, 0.05) is 15.7 Å². The van der Waals surface area contributed by atoms with Gasteiger partial charge >= 0.3 is 0 Å². The van der Waals surface area contributed by atoms with Gasteiger partial charge in [-0.15, -0.1) is 11.8 Å². The molecule has 0 aromatic heterocycles. The second-order valence-corrected chi connectivity index (χ2v) is 7.86. The van der Waals surface area contributed by atoms with Crippen molar-refractivity contribution in [2.75, 3.05) is 0 Å². The monoisotopic (exact) mass is 251 g/mol. The molecule has 0 radical (unpaired) electrons. The van der Waals surface area contributed by atoms with E-state index in [1.165, 1.54) is 10.5 Å². The fraction of sp³-hybridized carbons (Fsp3) is 0.600. The predicted molar refractivity (Wildman–Crippen MR) is 78.4 cm³/mol. The average molecular weight is 251 g/mol. The van der Waals surface area contributed by atoms with Crippen LogP contribution in [0.1, 0.15) is 52.6 Å². The topological polar surface area (TPSA) is 26.0 Å². The Kier molecular flexibility index (Phi) is 5.08. The normalized spacial score (nSPS) is 14.1. The molecule has 0 unspecified atom stereocenters. The van der Waals surface area contributed by atoms with Gasteiger partial charge in [0.25, 0.3) is 0 Å². The summed E-state index contributed by atoms with van der Waals surface area (Å²) in [5, 5.41) is 0. The highest BCUT2D eigenvalue weighted by atomic mass is 32.2. The fourth-order valence-electron chi connectivity index (χ4n) is 1.84. The molecule has 0 saturated carbocycles. The van der Waals surface area contributed by atoms with E-state index in [2.05, 4.69) is 58.9 Å². The van der Waals surface area contributed by atoms with Crippen LogP contribution in [-0.4, -0.2) is 4.75 Å². The van der Waals surface area contributed by atoms with Crippen molar-refractivity contribution in [3.05, 3.63) is 29.8 Å². The van der Waals surface area contributed by atoms with Gasteiger partial charge in [-0.1, -0.05) is 52.8 Å². The molecule has 0 fully saturated rings. The molecular formula is C15H25NS. The summed E-state index contributed by atoms with van der Waals surface area (Å²) in [5.74, 6) is 0.637. The van der Waals surface area contributed by atoms with Crippen LogP contribution in [0.2, 0.25) is 0 Å². The lowest BCUT2D eigenvalue weighted by Crippen LogP contribution is -2.15. The first-order chi connectivity index (χ1) is 7.79. The lowest BCUT2D eigenvalue weighted by atomic mass is 9.98. The maximum absolute atomic E-state index is 6.30. The smallest absolute Gasteiger partial charge is 0.0308 e. The molecule has 17 heavy (non-hydrogen) atoms. The summed E-state index contributed by atoms with van der Waals surface area (Å²) in [5.41, 5.74) is 7.59. The van der Waals surface area contributed by atoms with E-state index in [1.807, 2.05) is 11.8 Å². The molecule has 0 aliphatic heterocycles. The summed E-state index contributed by atoms with van der Waals surface area (Å²) in [6.07, 6.45) is 1.04. The highest BCUT2D eigenvalue weighted by Crippen LogP contribution is 2.36. The molecule has 0 bridgehead atoms. The molecule has 1 nitrogen and oxygen atoms in total. The minimum atomic E-state index is 0.154. The largest absolute Gasteiger partial charge is 0.324 e. The third-order valence-corrected chi connectivity index (χ3v) is 3.66. The van der Waals surface area contributed by atoms with Crippen molar-refractivity contribution in [3.63, 3.8) is 0 Å². The SMILES string of the molecule is CC(C)C[C@@H](N)c1ccccc1SC(C)(C)C. The molecule has 2 heteroatoms. The molecule has 1 atom stereocenters.